The molecule has 1 aromatic carbocycles. The van der Waals surface area contributed by atoms with Gasteiger partial charge in [-0.25, -0.2) is 0 Å². The summed E-state index contributed by atoms with van der Waals surface area (Å²) in [4.78, 5) is 23.3. The lowest BCUT2D eigenvalue weighted by molar-refractivity contribution is -0.387. The predicted octanol–water partition coefficient (Wildman–Crippen LogP) is 1.82. The number of nitro benzene ring substituents is 1. The van der Waals surface area contributed by atoms with Gasteiger partial charge < -0.3 is 5.73 Å². The Morgan fingerprint density at radius 3 is 2.86 bits per heavy atom. The molecule has 114 valence electrons. The zero-order chi connectivity index (χ0) is 15.6. The summed E-state index contributed by atoms with van der Waals surface area (Å²) in [6, 6.07) is 4.32. The van der Waals surface area contributed by atoms with E-state index in [9.17, 15) is 19.3 Å². The minimum Gasteiger partial charge on any atom is -0.369 e. The highest BCUT2D eigenvalue weighted by Gasteiger charge is 2.29. The Hall–Kier alpha value is -2.02. The minimum absolute atomic E-state index is 0.180. The van der Waals surface area contributed by atoms with E-state index in [4.69, 9.17) is 5.73 Å². The molecule has 1 amide bonds. The Kier molecular flexibility index (Phi) is 4.52. The van der Waals surface area contributed by atoms with Gasteiger partial charge in [-0.3, -0.25) is 19.8 Å². The molecule has 1 aliphatic heterocycles. The fourth-order valence-corrected chi connectivity index (χ4v) is 2.68. The maximum atomic E-state index is 14.1. The van der Waals surface area contributed by atoms with Crippen LogP contribution in [0, 0.1) is 21.8 Å². The summed E-state index contributed by atoms with van der Waals surface area (Å²) in [5, 5.41) is 10.8. The molecule has 0 spiro atoms. The summed E-state index contributed by atoms with van der Waals surface area (Å²) in [5.74, 6) is -1.41. The van der Waals surface area contributed by atoms with Gasteiger partial charge in [0.2, 0.25) is 11.7 Å². The second-order valence-corrected chi connectivity index (χ2v) is 5.46. The maximum absolute atomic E-state index is 14.1. The number of benzene rings is 1. The number of halogens is 1. The van der Waals surface area contributed by atoms with Gasteiger partial charge >= 0.3 is 5.69 Å². The number of hydrogen-bond acceptors (Lipinski definition) is 4. The van der Waals surface area contributed by atoms with Crippen LogP contribution in [0.5, 0.6) is 0 Å². The van der Waals surface area contributed by atoms with Crippen molar-refractivity contribution in [3.05, 3.63) is 39.7 Å². The molecule has 1 fully saturated rings. The molecule has 0 bridgehead atoms. The molecule has 1 heterocycles. The fraction of sp³-hybridized carbons (Fsp3) is 0.500. The molecule has 0 radical (unpaired) electrons. The van der Waals surface area contributed by atoms with Crippen LogP contribution in [0.15, 0.2) is 18.2 Å². The van der Waals surface area contributed by atoms with Crippen LogP contribution in [0.2, 0.25) is 0 Å². The molecule has 2 N–H and O–H groups in total. The van der Waals surface area contributed by atoms with E-state index in [0.29, 0.717) is 6.54 Å². The summed E-state index contributed by atoms with van der Waals surface area (Å²) >= 11 is 0. The number of nitro groups is 1. The molecule has 2 rings (SSSR count). The lowest BCUT2D eigenvalue weighted by Gasteiger charge is -2.36. The molecule has 0 saturated carbocycles. The smallest absolute Gasteiger partial charge is 0.305 e. The van der Waals surface area contributed by atoms with Crippen molar-refractivity contribution in [3.8, 4) is 0 Å². The van der Waals surface area contributed by atoms with E-state index >= 15 is 0 Å². The van der Waals surface area contributed by atoms with Crippen LogP contribution in [-0.2, 0) is 11.3 Å². The number of piperidine rings is 1. The van der Waals surface area contributed by atoms with Gasteiger partial charge in [0.05, 0.1) is 10.8 Å². The van der Waals surface area contributed by atoms with E-state index in [-0.39, 0.29) is 30.0 Å². The van der Waals surface area contributed by atoms with Crippen molar-refractivity contribution in [3.63, 3.8) is 0 Å². The summed E-state index contributed by atoms with van der Waals surface area (Å²) in [6.45, 7) is 2.68. The maximum Gasteiger partial charge on any atom is 0.305 e. The summed E-state index contributed by atoms with van der Waals surface area (Å²) in [5.41, 5.74) is 5.07. The van der Waals surface area contributed by atoms with E-state index in [1.54, 1.807) is 0 Å². The minimum atomic E-state index is -0.809. The number of hydrogen-bond donors (Lipinski definition) is 1. The van der Waals surface area contributed by atoms with Crippen molar-refractivity contribution in [2.24, 2.45) is 11.7 Å². The SMILES string of the molecule is CC1CCC(C(N)=O)CN1Cc1cccc([N+](=O)[O-])c1F. The van der Waals surface area contributed by atoms with Crippen molar-refractivity contribution in [2.45, 2.75) is 32.4 Å². The largest absolute Gasteiger partial charge is 0.369 e. The van der Waals surface area contributed by atoms with Crippen molar-refractivity contribution in [1.82, 2.24) is 4.90 Å². The van der Waals surface area contributed by atoms with Crippen LogP contribution < -0.4 is 5.73 Å². The molecule has 1 aromatic rings. The van der Waals surface area contributed by atoms with Gasteiger partial charge in [0.15, 0.2) is 0 Å². The van der Waals surface area contributed by atoms with Crippen LogP contribution in [0.1, 0.15) is 25.3 Å². The van der Waals surface area contributed by atoms with Gasteiger partial charge in [-0.15, -0.1) is 0 Å². The molecule has 0 aliphatic carbocycles. The first kappa shape index (κ1) is 15.4. The van der Waals surface area contributed by atoms with Crippen molar-refractivity contribution in [2.75, 3.05) is 6.54 Å². The predicted molar refractivity (Wildman–Crippen MR) is 74.8 cm³/mol. The summed E-state index contributed by atoms with van der Waals surface area (Å²) in [7, 11) is 0. The Morgan fingerprint density at radius 1 is 1.52 bits per heavy atom. The standard InChI is InChI=1S/C14H18FN3O3/c1-9-5-6-11(14(16)19)8-17(9)7-10-3-2-4-12(13(10)15)18(20)21/h2-4,9,11H,5-8H2,1H3,(H2,16,19). The molecular formula is C14H18FN3O3. The number of nitrogens with zero attached hydrogens (tertiary/aromatic N) is 2. The average molecular weight is 295 g/mol. The molecule has 0 aromatic heterocycles. The van der Waals surface area contributed by atoms with Crippen LogP contribution in [0.4, 0.5) is 10.1 Å². The number of rotatable bonds is 4. The quantitative estimate of drug-likeness (QED) is 0.677. The first-order valence-electron chi connectivity index (χ1n) is 6.85. The number of carbonyl (C=O) groups excluding carboxylic acids is 1. The summed E-state index contributed by atoms with van der Waals surface area (Å²) in [6.07, 6.45) is 1.52. The topological polar surface area (TPSA) is 89.5 Å². The molecule has 1 saturated heterocycles. The number of nitrogens with two attached hydrogens (primary N) is 1. The van der Waals surface area contributed by atoms with Crippen molar-refractivity contribution in [1.29, 1.82) is 0 Å². The van der Waals surface area contributed by atoms with E-state index in [1.807, 2.05) is 11.8 Å². The third-order valence-electron chi connectivity index (χ3n) is 4.04. The zero-order valence-electron chi connectivity index (χ0n) is 11.8. The van der Waals surface area contributed by atoms with Crippen molar-refractivity contribution >= 4 is 11.6 Å². The van der Waals surface area contributed by atoms with Gasteiger partial charge in [0, 0.05) is 30.8 Å². The van der Waals surface area contributed by atoms with Gasteiger partial charge in [-0.2, -0.15) is 4.39 Å². The zero-order valence-corrected chi connectivity index (χ0v) is 11.8. The highest BCUT2D eigenvalue weighted by atomic mass is 19.1. The van der Waals surface area contributed by atoms with Crippen LogP contribution in [-0.4, -0.2) is 28.3 Å². The second-order valence-electron chi connectivity index (χ2n) is 5.46. The van der Waals surface area contributed by atoms with Crippen LogP contribution >= 0.6 is 0 Å². The Labute approximate surface area is 121 Å². The van der Waals surface area contributed by atoms with Gasteiger partial charge in [-0.05, 0) is 19.8 Å². The normalized spacial score (nSPS) is 23.0. The van der Waals surface area contributed by atoms with Gasteiger partial charge in [-0.1, -0.05) is 12.1 Å². The van der Waals surface area contributed by atoms with Crippen LogP contribution in [0.3, 0.4) is 0 Å². The molecule has 2 unspecified atom stereocenters. The summed E-state index contributed by atoms with van der Waals surface area (Å²) < 4.78 is 14.1. The third kappa shape index (κ3) is 3.36. The lowest BCUT2D eigenvalue weighted by Crippen LogP contribution is -2.45. The van der Waals surface area contributed by atoms with E-state index in [1.165, 1.54) is 12.1 Å². The van der Waals surface area contributed by atoms with Gasteiger partial charge in [0.1, 0.15) is 0 Å². The van der Waals surface area contributed by atoms with Crippen molar-refractivity contribution < 1.29 is 14.1 Å². The third-order valence-corrected chi connectivity index (χ3v) is 4.04. The number of amides is 1. The highest BCUT2D eigenvalue weighted by Crippen LogP contribution is 2.26. The lowest BCUT2D eigenvalue weighted by atomic mass is 9.92. The average Bonchev–Trinajstić information content (AvgIpc) is 2.42. The van der Waals surface area contributed by atoms with E-state index < -0.39 is 16.4 Å². The first-order chi connectivity index (χ1) is 9.90. The number of carbonyl (C=O) groups is 1. The van der Waals surface area contributed by atoms with E-state index in [2.05, 4.69) is 0 Å². The second kappa shape index (κ2) is 6.17. The number of primary amides is 1. The van der Waals surface area contributed by atoms with Crippen LogP contribution in [0.25, 0.3) is 0 Å². The Morgan fingerprint density at radius 2 is 2.24 bits per heavy atom. The molecule has 7 heteroatoms. The Balaban J connectivity index is 2.18. The highest BCUT2D eigenvalue weighted by molar-refractivity contribution is 5.77. The monoisotopic (exact) mass is 295 g/mol. The molecule has 1 aliphatic rings. The molecule has 2 atom stereocenters. The molecular weight excluding hydrogens is 277 g/mol. The first-order valence-corrected chi connectivity index (χ1v) is 6.85. The molecule has 21 heavy (non-hydrogen) atoms. The van der Waals surface area contributed by atoms with E-state index in [0.717, 1.165) is 18.9 Å². The van der Waals surface area contributed by atoms with Gasteiger partial charge in [0.25, 0.3) is 0 Å². The molecule has 6 nitrogen and oxygen atoms in total. The Bertz CT molecular complexity index is 564. The number of likely N-dealkylation sites (tertiary alicyclic amines) is 1. The fourth-order valence-electron chi connectivity index (χ4n) is 2.68.